The van der Waals surface area contributed by atoms with E-state index in [1.54, 1.807) is 29.8 Å². The van der Waals surface area contributed by atoms with Crippen molar-refractivity contribution in [1.82, 2.24) is 14.6 Å². The number of amides is 1. The number of carboxylic acids is 1. The SMILES string of the molecule is CCS(=O)(=O)N1CCC(c2c[nH]c3c(C(N)=O)cc(C(/C=C/CNCCCCCOC)=C/S)cc23)CC1.O=C(O)C(F)(F)F. The minimum absolute atomic E-state index is 0.117. The predicted octanol–water partition coefficient (Wildman–Crippen LogP) is 4.66. The van der Waals surface area contributed by atoms with Crippen molar-refractivity contribution in [3.8, 4) is 0 Å². The van der Waals surface area contributed by atoms with Crippen molar-refractivity contribution in [2.24, 2.45) is 5.73 Å². The number of fused-ring (bicyclic) bond motifs is 1. The molecule has 1 fully saturated rings. The molecule has 0 atom stereocenters. The minimum atomic E-state index is -5.08. The summed E-state index contributed by atoms with van der Waals surface area (Å²) in [6.07, 6.45) is 5.67. The van der Waals surface area contributed by atoms with Crippen LogP contribution >= 0.6 is 12.6 Å². The van der Waals surface area contributed by atoms with Gasteiger partial charge in [0.25, 0.3) is 5.91 Å². The molecule has 0 radical (unpaired) electrons. The highest BCUT2D eigenvalue weighted by Gasteiger charge is 2.38. The minimum Gasteiger partial charge on any atom is -0.475 e. The molecule has 44 heavy (non-hydrogen) atoms. The molecule has 2 aromatic rings. The van der Waals surface area contributed by atoms with Crippen LogP contribution < -0.4 is 11.1 Å². The number of methoxy groups -OCH3 is 1. The lowest BCUT2D eigenvalue weighted by Gasteiger charge is -2.31. The molecule has 2 heterocycles. The second kappa shape index (κ2) is 17.6. The zero-order valence-electron chi connectivity index (χ0n) is 24.8. The van der Waals surface area contributed by atoms with Crippen LogP contribution in [0.1, 0.15) is 66.4 Å². The quantitative estimate of drug-likeness (QED) is 0.112. The van der Waals surface area contributed by atoms with E-state index in [4.69, 9.17) is 20.4 Å². The van der Waals surface area contributed by atoms with Crippen LogP contribution in [0.4, 0.5) is 13.2 Å². The van der Waals surface area contributed by atoms with Crippen LogP contribution in [0.15, 0.2) is 35.9 Å². The third-order valence-electron chi connectivity index (χ3n) is 7.22. The van der Waals surface area contributed by atoms with E-state index in [1.165, 1.54) is 0 Å². The largest absolute Gasteiger partial charge is 0.490 e. The number of piperidine rings is 1. The number of carbonyl (C=O) groups excluding carboxylic acids is 1. The summed E-state index contributed by atoms with van der Waals surface area (Å²) in [6, 6.07) is 3.87. The van der Waals surface area contributed by atoms with Gasteiger partial charge < -0.3 is 25.9 Å². The number of ether oxygens (including phenoxy) is 1. The molecule has 1 aromatic carbocycles. The Balaban J connectivity index is 0.000000860. The molecule has 1 aliphatic rings. The third kappa shape index (κ3) is 10.9. The first kappa shape index (κ1) is 37.3. The van der Waals surface area contributed by atoms with Gasteiger partial charge in [-0.2, -0.15) is 25.8 Å². The summed E-state index contributed by atoms with van der Waals surface area (Å²) in [6.45, 7) is 5.15. The van der Waals surface area contributed by atoms with Crippen molar-refractivity contribution >= 4 is 51.0 Å². The Bertz CT molecular complexity index is 1420. The number of nitrogens with zero attached hydrogens (tertiary/aromatic N) is 1. The van der Waals surface area contributed by atoms with Crippen LogP contribution in [-0.2, 0) is 19.6 Å². The number of nitrogens with two attached hydrogens (primary N) is 1. The van der Waals surface area contributed by atoms with E-state index >= 15 is 0 Å². The van der Waals surface area contributed by atoms with Gasteiger partial charge in [0.2, 0.25) is 10.0 Å². The number of thiol groups is 1. The Morgan fingerprint density at radius 1 is 1.23 bits per heavy atom. The lowest BCUT2D eigenvalue weighted by atomic mass is 9.88. The number of primary amides is 1. The van der Waals surface area contributed by atoms with E-state index in [1.807, 2.05) is 18.3 Å². The molecular weight excluding hydrogens is 621 g/mol. The number of alkyl halides is 3. The maximum atomic E-state index is 12.3. The number of carbonyl (C=O) groups is 2. The third-order valence-corrected chi connectivity index (χ3v) is 9.38. The van der Waals surface area contributed by atoms with Gasteiger partial charge in [-0.25, -0.2) is 17.5 Å². The second-order valence-corrected chi connectivity index (χ2v) is 12.7. The molecular formula is C29H41F3N4O6S2. The Morgan fingerprint density at radius 3 is 2.43 bits per heavy atom. The van der Waals surface area contributed by atoms with E-state index in [2.05, 4.69) is 29.0 Å². The number of nitrogens with one attached hydrogen (secondary N) is 2. The second-order valence-electron chi connectivity index (χ2n) is 10.2. The predicted molar refractivity (Wildman–Crippen MR) is 168 cm³/mol. The fraction of sp³-hybridized carbons (Fsp3) is 0.517. The summed E-state index contributed by atoms with van der Waals surface area (Å²) in [5.74, 6) is -2.94. The number of unbranched alkanes of at least 4 members (excludes halogenated alkanes) is 2. The number of benzene rings is 1. The lowest BCUT2D eigenvalue weighted by Crippen LogP contribution is -2.38. The van der Waals surface area contributed by atoms with E-state index in [0.29, 0.717) is 24.2 Å². The maximum Gasteiger partial charge on any atom is 0.490 e. The molecule has 1 aliphatic heterocycles. The fourth-order valence-corrected chi connectivity index (χ4v) is 6.20. The smallest absolute Gasteiger partial charge is 0.475 e. The summed E-state index contributed by atoms with van der Waals surface area (Å²) >= 11 is 4.42. The number of aromatic amines is 1. The van der Waals surface area contributed by atoms with Crippen LogP contribution in [-0.4, -0.2) is 86.5 Å². The van der Waals surface area contributed by atoms with Gasteiger partial charge >= 0.3 is 12.1 Å². The molecule has 0 bridgehead atoms. The van der Waals surface area contributed by atoms with E-state index in [-0.39, 0.29) is 11.7 Å². The van der Waals surface area contributed by atoms with Crippen LogP contribution in [0.2, 0.25) is 0 Å². The number of H-pyrrole nitrogens is 1. The highest BCUT2D eigenvalue weighted by molar-refractivity contribution is 7.89. The molecule has 0 spiro atoms. The summed E-state index contributed by atoms with van der Waals surface area (Å²) < 4.78 is 62.9. The molecule has 0 aliphatic carbocycles. The highest BCUT2D eigenvalue weighted by Crippen LogP contribution is 2.36. The van der Waals surface area contributed by atoms with Gasteiger partial charge in [-0.15, -0.1) is 0 Å². The van der Waals surface area contributed by atoms with Gasteiger partial charge in [0.15, 0.2) is 0 Å². The Hall–Kier alpha value is -2.85. The maximum absolute atomic E-state index is 12.3. The summed E-state index contributed by atoms with van der Waals surface area (Å²) in [4.78, 5) is 24.5. The number of rotatable bonds is 14. The Kier molecular flexibility index (Phi) is 14.9. The average Bonchev–Trinajstić information content (AvgIpc) is 3.41. The first-order valence-corrected chi connectivity index (χ1v) is 16.3. The number of hydrogen-bond acceptors (Lipinski definition) is 7. The van der Waals surface area contributed by atoms with Gasteiger partial charge in [-0.05, 0) is 85.7 Å². The van der Waals surface area contributed by atoms with Crippen molar-refractivity contribution in [1.29, 1.82) is 0 Å². The number of sulfonamides is 1. The molecule has 246 valence electrons. The van der Waals surface area contributed by atoms with Gasteiger partial charge in [0.1, 0.15) is 0 Å². The highest BCUT2D eigenvalue weighted by atomic mass is 32.2. The number of halogens is 3. The number of hydrogen-bond donors (Lipinski definition) is 5. The first-order chi connectivity index (χ1) is 20.8. The van der Waals surface area contributed by atoms with Gasteiger partial charge in [0.05, 0.1) is 16.8 Å². The van der Waals surface area contributed by atoms with Gasteiger partial charge in [-0.1, -0.05) is 12.2 Å². The number of allylic oxidation sites excluding steroid dienone is 2. The zero-order valence-corrected chi connectivity index (χ0v) is 26.5. The number of carboxylic acid groups (broad SMARTS) is 1. The first-order valence-electron chi connectivity index (χ1n) is 14.2. The van der Waals surface area contributed by atoms with Gasteiger partial charge in [-0.3, -0.25) is 4.79 Å². The molecule has 0 unspecified atom stereocenters. The lowest BCUT2D eigenvalue weighted by molar-refractivity contribution is -0.192. The van der Waals surface area contributed by atoms with Crippen molar-refractivity contribution in [2.75, 3.05) is 45.6 Å². The van der Waals surface area contributed by atoms with Crippen LogP contribution in [0, 0.1) is 0 Å². The standard InChI is InChI=1S/C27H40N4O4S2.C2HF3O2/c1-3-37(33,34)31-13-9-20(10-14-31)25-18-30-26-23(25)16-22(17-24(26)27(28)32)21(19-36)8-7-12-29-11-5-4-6-15-35-2;3-2(4,5)1(6)7/h7-8,16-20,29-30,36H,3-6,9-15H2,1-2H3,(H2,28,32);(H,6,7)/b8-7+,21-19+;. The molecule has 1 saturated heterocycles. The number of aliphatic carboxylic acids is 1. The van der Waals surface area contributed by atoms with Crippen molar-refractivity contribution in [3.63, 3.8) is 0 Å². The topological polar surface area (TPSA) is 155 Å². The molecule has 1 amide bonds. The molecule has 15 heteroatoms. The van der Waals surface area contributed by atoms with Crippen LogP contribution in [0.3, 0.4) is 0 Å². The van der Waals surface area contributed by atoms with E-state index in [0.717, 1.165) is 73.9 Å². The van der Waals surface area contributed by atoms with E-state index in [9.17, 15) is 26.4 Å². The average molecular weight is 663 g/mol. The fourth-order valence-electron chi connectivity index (χ4n) is 4.84. The normalized spacial score (nSPS) is 15.5. The van der Waals surface area contributed by atoms with Gasteiger partial charge in [0, 0.05) is 44.9 Å². The molecule has 5 N–H and O–H groups in total. The van der Waals surface area contributed by atoms with Crippen LogP contribution in [0.5, 0.6) is 0 Å². The van der Waals surface area contributed by atoms with Crippen molar-refractivity contribution in [2.45, 2.75) is 51.1 Å². The molecule has 3 rings (SSSR count). The summed E-state index contributed by atoms with van der Waals surface area (Å²) in [7, 11) is -1.46. The Labute approximate surface area is 261 Å². The van der Waals surface area contributed by atoms with E-state index < -0.39 is 28.1 Å². The van der Waals surface area contributed by atoms with Crippen LogP contribution in [0.25, 0.3) is 16.5 Å². The molecule has 10 nitrogen and oxygen atoms in total. The van der Waals surface area contributed by atoms with Crippen molar-refractivity contribution in [3.05, 3.63) is 52.6 Å². The monoisotopic (exact) mass is 662 g/mol. The number of aromatic nitrogens is 1. The zero-order chi connectivity index (χ0) is 32.9. The molecule has 1 aromatic heterocycles. The molecule has 0 saturated carbocycles. The Morgan fingerprint density at radius 2 is 1.89 bits per heavy atom. The van der Waals surface area contributed by atoms with Crippen molar-refractivity contribution < 1.29 is 41.0 Å². The summed E-state index contributed by atoms with van der Waals surface area (Å²) in [5, 5.41) is 13.2. The summed E-state index contributed by atoms with van der Waals surface area (Å²) in [5.41, 5.74) is 9.73.